The summed E-state index contributed by atoms with van der Waals surface area (Å²) in [6.07, 6.45) is 2.95. The van der Waals surface area contributed by atoms with E-state index < -0.39 is 0 Å². The molecule has 3 nitrogen and oxygen atoms in total. The van der Waals surface area contributed by atoms with Gasteiger partial charge in [0.1, 0.15) is 0 Å². The summed E-state index contributed by atoms with van der Waals surface area (Å²) in [6, 6.07) is 21.6. The van der Waals surface area contributed by atoms with Crippen LogP contribution in [0.3, 0.4) is 0 Å². The molecule has 1 atom stereocenters. The quantitative estimate of drug-likeness (QED) is 0.521. The van der Waals surface area contributed by atoms with Crippen molar-refractivity contribution in [2.24, 2.45) is 0 Å². The minimum atomic E-state index is 0.0652. The number of rotatable bonds is 7. The number of nitrogens with zero attached hydrogens (tertiary/aromatic N) is 2. The first-order chi connectivity index (χ1) is 13.1. The zero-order chi connectivity index (χ0) is 19.2. The Balaban J connectivity index is 1.84. The number of benzene rings is 2. The maximum atomic E-state index is 13.1. The molecule has 3 rings (SSSR count). The van der Waals surface area contributed by atoms with Crippen molar-refractivity contribution in [1.82, 2.24) is 9.47 Å². The van der Waals surface area contributed by atoms with E-state index in [1.54, 1.807) is 0 Å². The molecule has 0 saturated heterocycles. The van der Waals surface area contributed by atoms with E-state index in [4.69, 9.17) is 11.6 Å². The summed E-state index contributed by atoms with van der Waals surface area (Å²) in [7, 11) is 0. The Kier molecular flexibility index (Phi) is 6.36. The molecule has 0 N–H and O–H groups in total. The average Bonchev–Trinajstić information content (AvgIpc) is 3.14. The molecule has 1 heterocycles. The Hall–Kier alpha value is -2.52. The number of carbonyl (C=O) groups is 1. The van der Waals surface area contributed by atoms with Crippen molar-refractivity contribution in [3.05, 3.63) is 94.8 Å². The molecule has 4 heteroatoms. The lowest BCUT2D eigenvalue weighted by molar-refractivity contribution is 0.0667. The third kappa shape index (κ3) is 4.61. The minimum Gasteiger partial charge on any atom is -0.345 e. The predicted molar refractivity (Wildman–Crippen MR) is 111 cm³/mol. The van der Waals surface area contributed by atoms with E-state index in [1.165, 1.54) is 0 Å². The van der Waals surface area contributed by atoms with Crippen molar-refractivity contribution in [3.8, 4) is 0 Å². The van der Waals surface area contributed by atoms with E-state index in [0.29, 0.717) is 13.1 Å². The van der Waals surface area contributed by atoms with Gasteiger partial charge in [-0.3, -0.25) is 4.79 Å². The van der Waals surface area contributed by atoms with E-state index >= 15 is 0 Å². The average molecular weight is 381 g/mol. The van der Waals surface area contributed by atoms with E-state index in [2.05, 4.69) is 24.5 Å². The van der Waals surface area contributed by atoms with Gasteiger partial charge in [0.2, 0.25) is 0 Å². The maximum Gasteiger partial charge on any atom is 0.254 e. The van der Waals surface area contributed by atoms with Crippen molar-refractivity contribution >= 4 is 17.5 Å². The summed E-state index contributed by atoms with van der Waals surface area (Å²) in [6.45, 7) is 5.47. The molecule has 1 unspecified atom stereocenters. The molecular formula is C23H25ClN2O. The lowest BCUT2D eigenvalue weighted by Gasteiger charge is -2.29. The first-order valence-corrected chi connectivity index (χ1v) is 9.71. The number of aromatic nitrogens is 1. The number of hydrogen-bond acceptors (Lipinski definition) is 1. The molecule has 0 aliphatic carbocycles. The van der Waals surface area contributed by atoms with Crippen LogP contribution in [0.1, 0.15) is 41.9 Å². The van der Waals surface area contributed by atoms with Crippen molar-refractivity contribution in [2.45, 2.75) is 39.4 Å². The van der Waals surface area contributed by atoms with Gasteiger partial charge in [0, 0.05) is 35.1 Å². The molecule has 0 aliphatic heterocycles. The highest BCUT2D eigenvalue weighted by atomic mass is 35.5. The fourth-order valence-corrected chi connectivity index (χ4v) is 3.32. The third-order valence-electron chi connectivity index (χ3n) is 4.96. The van der Waals surface area contributed by atoms with Crippen molar-refractivity contribution in [3.63, 3.8) is 0 Å². The molecule has 2 aromatic carbocycles. The van der Waals surface area contributed by atoms with E-state index in [9.17, 15) is 4.79 Å². The Morgan fingerprint density at radius 2 is 1.74 bits per heavy atom. The summed E-state index contributed by atoms with van der Waals surface area (Å²) in [5, 5.41) is 0.760. The second-order valence-electron chi connectivity index (χ2n) is 6.78. The highest BCUT2D eigenvalue weighted by molar-refractivity contribution is 6.31. The smallest absolute Gasteiger partial charge is 0.254 e. The van der Waals surface area contributed by atoms with Crippen LogP contribution >= 0.6 is 11.6 Å². The summed E-state index contributed by atoms with van der Waals surface area (Å²) < 4.78 is 2.16. The fraction of sp³-hybridized carbons (Fsp3) is 0.261. The first-order valence-electron chi connectivity index (χ1n) is 9.33. The van der Waals surface area contributed by atoms with Gasteiger partial charge < -0.3 is 9.47 Å². The van der Waals surface area contributed by atoms with Gasteiger partial charge in [-0.25, -0.2) is 0 Å². The highest BCUT2D eigenvalue weighted by Gasteiger charge is 2.21. The Morgan fingerprint density at radius 3 is 2.44 bits per heavy atom. The van der Waals surface area contributed by atoms with E-state index in [1.807, 2.05) is 71.8 Å². The van der Waals surface area contributed by atoms with Gasteiger partial charge in [0.05, 0.1) is 6.54 Å². The van der Waals surface area contributed by atoms with Crippen molar-refractivity contribution in [1.29, 1.82) is 0 Å². The molecule has 0 aliphatic rings. The van der Waals surface area contributed by atoms with Gasteiger partial charge in [0.15, 0.2) is 0 Å². The second kappa shape index (κ2) is 8.92. The van der Waals surface area contributed by atoms with Crippen LogP contribution in [0.25, 0.3) is 0 Å². The zero-order valence-corrected chi connectivity index (χ0v) is 16.6. The standard InChI is InChI=1S/C23H25ClN2O/c1-3-18(2)26(23(27)19-10-5-4-6-11-19)17-21-13-9-15-25(21)16-20-12-7-8-14-22(20)24/h4-15,18H,3,16-17H2,1-2H3. The zero-order valence-electron chi connectivity index (χ0n) is 15.8. The third-order valence-corrected chi connectivity index (χ3v) is 5.33. The molecular weight excluding hydrogens is 356 g/mol. The van der Waals surface area contributed by atoms with E-state index in [-0.39, 0.29) is 11.9 Å². The molecule has 3 aromatic rings. The molecule has 140 valence electrons. The second-order valence-corrected chi connectivity index (χ2v) is 7.18. The van der Waals surface area contributed by atoms with Crippen LogP contribution in [0, 0.1) is 0 Å². The van der Waals surface area contributed by atoms with Gasteiger partial charge in [0.25, 0.3) is 5.91 Å². The maximum absolute atomic E-state index is 13.1. The van der Waals surface area contributed by atoms with Gasteiger partial charge in [-0.2, -0.15) is 0 Å². The van der Waals surface area contributed by atoms with Gasteiger partial charge in [-0.15, -0.1) is 0 Å². The van der Waals surface area contributed by atoms with Crippen molar-refractivity contribution < 1.29 is 4.79 Å². The Labute approximate surface area is 166 Å². The SMILES string of the molecule is CCC(C)N(Cc1cccn1Cc1ccccc1Cl)C(=O)c1ccccc1. The van der Waals surface area contributed by atoms with Crippen molar-refractivity contribution in [2.75, 3.05) is 0 Å². The first kappa shape index (κ1) is 19.2. The fourth-order valence-electron chi connectivity index (χ4n) is 3.13. The Morgan fingerprint density at radius 1 is 1.04 bits per heavy atom. The highest BCUT2D eigenvalue weighted by Crippen LogP contribution is 2.20. The van der Waals surface area contributed by atoms with Gasteiger partial charge in [-0.1, -0.05) is 54.9 Å². The number of hydrogen-bond donors (Lipinski definition) is 0. The monoisotopic (exact) mass is 380 g/mol. The molecule has 1 amide bonds. The van der Waals surface area contributed by atoms with Crippen LogP contribution < -0.4 is 0 Å². The summed E-state index contributed by atoms with van der Waals surface area (Å²) >= 11 is 6.32. The van der Waals surface area contributed by atoms with Gasteiger partial charge >= 0.3 is 0 Å². The molecule has 1 aromatic heterocycles. The van der Waals surface area contributed by atoms with E-state index in [0.717, 1.165) is 28.3 Å². The van der Waals surface area contributed by atoms with Gasteiger partial charge in [-0.05, 0) is 49.2 Å². The largest absolute Gasteiger partial charge is 0.345 e. The molecule has 0 saturated carbocycles. The van der Waals surface area contributed by atoms with Crippen LogP contribution in [0.15, 0.2) is 72.9 Å². The molecule has 0 bridgehead atoms. The Bertz CT molecular complexity index is 888. The number of halogens is 1. The van der Waals surface area contributed by atoms with Crippen LogP contribution in [0.5, 0.6) is 0 Å². The summed E-state index contributed by atoms with van der Waals surface area (Å²) in [5.41, 5.74) is 2.89. The van der Waals surface area contributed by atoms with Crippen LogP contribution in [-0.4, -0.2) is 21.4 Å². The molecule has 0 radical (unpaired) electrons. The predicted octanol–water partition coefficient (Wildman–Crippen LogP) is 5.63. The lowest BCUT2D eigenvalue weighted by atomic mass is 10.1. The van der Waals surface area contributed by atoms with Crippen LogP contribution in [-0.2, 0) is 13.1 Å². The molecule has 0 spiro atoms. The molecule has 27 heavy (non-hydrogen) atoms. The topological polar surface area (TPSA) is 25.2 Å². The van der Waals surface area contributed by atoms with Crippen LogP contribution in [0.4, 0.5) is 0 Å². The number of carbonyl (C=O) groups excluding carboxylic acids is 1. The summed E-state index contributed by atoms with van der Waals surface area (Å²) in [4.78, 5) is 15.0. The lowest BCUT2D eigenvalue weighted by Crippen LogP contribution is -2.38. The minimum absolute atomic E-state index is 0.0652. The molecule has 0 fully saturated rings. The summed E-state index contributed by atoms with van der Waals surface area (Å²) in [5.74, 6) is 0.0652. The number of amides is 1. The van der Waals surface area contributed by atoms with Crippen LogP contribution in [0.2, 0.25) is 5.02 Å². The normalized spacial score (nSPS) is 12.0.